The lowest BCUT2D eigenvalue weighted by molar-refractivity contribution is 0.103. The average molecular weight is 303 g/mol. The zero-order valence-corrected chi connectivity index (χ0v) is 11.5. The Balaban J connectivity index is 0.00000162. The van der Waals surface area contributed by atoms with Gasteiger partial charge in [0.1, 0.15) is 0 Å². The van der Waals surface area contributed by atoms with Crippen LogP contribution < -0.4 is 5.73 Å². The zero-order chi connectivity index (χ0) is 12.4. The number of halogens is 3. The largest absolute Gasteiger partial charge is 0.399 e. The van der Waals surface area contributed by atoms with E-state index in [0.29, 0.717) is 26.9 Å². The number of carbonyl (C=O) groups is 1. The van der Waals surface area contributed by atoms with Crippen LogP contribution in [0.5, 0.6) is 0 Å². The monoisotopic (exact) mass is 301 g/mol. The molecule has 94 valence electrons. The molecule has 2 aromatic carbocycles. The summed E-state index contributed by atoms with van der Waals surface area (Å²) in [4.78, 5) is 12.1. The van der Waals surface area contributed by atoms with Crippen molar-refractivity contribution in [3.05, 3.63) is 63.6 Å². The highest BCUT2D eigenvalue weighted by Crippen LogP contribution is 2.23. The smallest absolute Gasteiger partial charge is 0.194 e. The van der Waals surface area contributed by atoms with Crippen molar-refractivity contribution in [2.45, 2.75) is 0 Å². The molecule has 0 radical (unpaired) electrons. The van der Waals surface area contributed by atoms with Crippen molar-refractivity contribution >= 4 is 47.1 Å². The van der Waals surface area contributed by atoms with Gasteiger partial charge in [-0.2, -0.15) is 0 Å². The molecule has 0 aliphatic carbocycles. The van der Waals surface area contributed by atoms with Gasteiger partial charge in [0.2, 0.25) is 0 Å². The minimum atomic E-state index is -0.169. The van der Waals surface area contributed by atoms with E-state index in [4.69, 9.17) is 28.9 Å². The summed E-state index contributed by atoms with van der Waals surface area (Å²) in [5.74, 6) is -0.169. The van der Waals surface area contributed by atoms with E-state index in [1.165, 1.54) is 0 Å². The minimum absolute atomic E-state index is 0. The van der Waals surface area contributed by atoms with Crippen LogP contribution >= 0.6 is 35.6 Å². The summed E-state index contributed by atoms with van der Waals surface area (Å²) >= 11 is 11.8. The van der Waals surface area contributed by atoms with Crippen molar-refractivity contribution < 1.29 is 4.79 Å². The lowest BCUT2D eigenvalue weighted by Gasteiger charge is -2.05. The molecular formula is C13H10Cl3NO. The minimum Gasteiger partial charge on any atom is -0.399 e. The summed E-state index contributed by atoms with van der Waals surface area (Å²) in [6.45, 7) is 0. The molecule has 18 heavy (non-hydrogen) atoms. The Kier molecular flexibility index (Phi) is 5.03. The number of hydrogen-bond donors (Lipinski definition) is 1. The third-order valence-electron chi connectivity index (χ3n) is 2.32. The third-order valence-corrected chi connectivity index (χ3v) is 2.87. The average Bonchev–Trinajstić information content (AvgIpc) is 2.28. The predicted octanol–water partition coefficient (Wildman–Crippen LogP) is 4.23. The molecule has 2 aromatic rings. The summed E-state index contributed by atoms with van der Waals surface area (Å²) in [7, 11) is 0. The lowest BCUT2D eigenvalue weighted by Crippen LogP contribution is -2.02. The molecule has 0 aromatic heterocycles. The summed E-state index contributed by atoms with van der Waals surface area (Å²) in [6.07, 6.45) is 0. The highest BCUT2D eigenvalue weighted by atomic mass is 35.5. The van der Waals surface area contributed by atoms with Crippen molar-refractivity contribution in [2.75, 3.05) is 5.73 Å². The number of carbonyl (C=O) groups excluding carboxylic acids is 1. The Hall–Kier alpha value is -1.22. The molecule has 0 aliphatic rings. The van der Waals surface area contributed by atoms with E-state index in [1.807, 2.05) is 0 Å². The van der Waals surface area contributed by atoms with Gasteiger partial charge in [0.15, 0.2) is 5.78 Å². The maximum absolute atomic E-state index is 12.1. The van der Waals surface area contributed by atoms with E-state index < -0.39 is 0 Å². The van der Waals surface area contributed by atoms with Gasteiger partial charge in [-0.15, -0.1) is 12.4 Å². The molecule has 0 aliphatic heterocycles. The SMILES string of the molecule is Cl.Nc1ccc(C(=O)c2cccc(Cl)c2)c(Cl)c1. The molecule has 2 N–H and O–H groups in total. The second kappa shape index (κ2) is 6.10. The number of ketones is 1. The van der Waals surface area contributed by atoms with Gasteiger partial charge in [-0.25, -0.2) is 0 Å². The number of nitrogens with two attached hydrogens (primary N) is 1. The van der Waals surface area contributed by atoms with Crippen LogP contribution in [0.25, 0.3) is 0 Å². The molecule has 0 amide bonds. The summed E-state index contributed by atoms with van der Waals surface area (Å²) in [6, 6.07) is 11.5. The zero-order valence-electron chi connectivity index (χ0n) is 9.19. The molecule has 0 fully saturated rings. The van der Waals surface area contributed by atoms with Gasteiger partial charge in [-0.3, -0.25) is 4.79 Å². The van der Waals surface area contributed by atoms with Crippen LogP contribution in [0.15, 0.2) is 42.5 Å². The standard InChI is InChI=1S/C13H9Cl2NO.ClH/c14-9-3-1-2-8(6-9)13(17)11-5-4-10(16)7-12(11)15;/h1-7H,16H2;1H. The second-order valence-corrected chi connectivity index (χ2v) is 4.42. The fourth-order valence-corrected chi connectivity index (χ4v) is 1.97. The first-order chi connectivity index (χ1) is 8.08. The Morgan fingerprint density at radius 1 is 1.06 bits per heavy atom. The van der Waals surface area contributed by atoms with Crippen LogP contribution in [0, 0.1) is 0 Å². The quantitative estimate of drug-likeness (QED) is 0.666. The molecule has 0 bridgehead atoms. The Labute approximate surface area is 121 Å². The maximum Gasteiger partial charge on any atom is 0.194 e. The van der Waals surface area contributed by atoms with Crippen molar-refractivity contribution in [3.63, 3.8) is 0 Å². The fraction of sp³-hybridized carbons (Fsp3) is 0. The van der Waals surface area contributed by atoms with Crippen LogP contribution in [0.2, 0.25) is 10.0 Å². The van der Waals surface area contributed by atoms with Crippen molar-refractivity contribution in [3.8, 4) is 0 Å². The van der Waals surface area contributed by atoms with Gasteiger partial charge in [-0.1, -0.05) is 35.3 Å². The van der Waals surface area contributed by atoms with E-state index >= 15 is 0 Å². The Morgan fingerprint density at radius 3 is 2.39 bits per heavy atom. The summed E-state index contributed by atoms with van der Waals surface area (Å²) in [5, 5.41) is 0.859. The molecule has 0 unspecified atom stereocenters. The summed E-state index contributed by atoms with van der Waals surface area (Å²) < 4.78 is 0. The van der Waals surface area contributed by atoms with E-state index in [0.717, 1.165) is 0 Å². The molecule has 0 spiro atoms. The number of rotatable bonds is 2. The molecule has 2 nitrogen and oxygen atoms in total. The van der Waals surface area contributed by atoms with E-state index in [-0.39, 0.29) is 18.2 Å². The second-order valence-electron chi connectivity index (χ2n) is 3.58. The maximum atomic E-state index is 12.1. The van der Waals surface area contributed by atoms with Crippen LogP contribution in [-0.2, 0) is 0 Å². The molecule has 0 saturated heterocycles. The first kappa shape index (κ1) is 14.8. The van der Waals surface area contributed by atoms with Gasteiger partial charge in [-0.05, 0) is 30.3 Å². The van der Waals surface area contributed by atoms with Crippen molar-refractivity contribution in [1.29, 1.82) is 0 Å². The van der Waals surface area contributed by atoms with Crippen LogP contribution in [0.1, 0.15) is 15.9 Å². The van der Waals surface area contributed by atoms with Crippen LogP contribution in [0.4, 0.5) is 5.69 Å². The van der Waals surface area contributed by atoms with E-state index in [9.17, 15) is 4.79 Å². The number of nitrogen functional groups attached to an aromatic ring is 1. The van der Waals surface area contributed by atoms with Gasteiger partial charge >= 0.3 is 0 Å². The Morgan fingerprint density at radius 2 is 1.78 bits per heavy atom. The highest BCUT2D eigenvalue weighted by Gasteiger charge is 2.13. The van der Waals surface area contributed by atoms with Crippen LogP contribution in [0.3, 0.4) is 0 Å². The highest BCUT2D eigenvalue weighted by molar-refractivity contribution is 6.35. The summed E-state index contributed by atoms with van der Waals surface area (Å²) in [5.41, 5.74) is 7.02. The molecule has 0 heterocycles. The van der Waals surface area contributed by atoms with Crippen molar-refractivity contribution in [1.82, 2.24) is 0 Å². The molecular weight excluding hydrogens is 293 g/mol. The van der Waals surface area contributed by atoms with Gasteiger partial charge in [0.25, 0.3) is 0 Å². The number of hydrogen-bond acceptors (Lipinski definition) is 2. The molecule has 2 rings (SSSR count). The van der Waals surface area contributed by atoms with Crippen molar-refractivity contribution in [2.24, 2.45) is 0 Å². The van der Waals surface area contributed by atoms with E-state index in [1.54, 1.807) is 42.5 Å². The first-order valence-electron chi connectivity index (χ1n) is 4.93. The number of benzene rings is 2. The van der Waals surface area contributed by atoms with Crippen LogP contribution in [-0.4, -0.2) is 5.78 Å². The fourth-order valence-electron chi connectivity index (χ4n) is 1.50. The molecule has 0 saturated carbocycles. The first-order valence-corrected chi connectivity index (χ1v) is 5.69. The third kappa shape index (κ3) is 3.16. The normalized spacial score (nSPS) is 9.67. The van der Waals surface area contributed by atoms with Gasteiger partial charge < -0.3 is 5.73 Å². The Bertz CT molecular complexity index is 584. The van der Waals surface area contributed by atoms with E-state index in [2.05, 4.69) is 0 Å². The van der Waals surface area contributed by atoms with Gasteiger partial charge in [0, 0.05) is 21.8 Å². The van der Waals surface area contributed by atoms with Gasteiger partial charge in [0.05, 0.1) is 5.02 Å². The molecule has 0 atom stereocenters. The predicted molar refractivity (Wildman–Crippen MR) is 78.0 cm³/mol. The lowest BCUT2D eigenvalue weighted by atomic mass is 10.0. The molecule has 5 heteroatoms. The number of anilines is 1. The topological polar surface area (TPSA) is 43.1 Å².